The Morgan fingerprint density at radius 2 is 2.24 bits per heavy atom. The van der Waals surface area contributed by atoms with Crippen molar-refractivity contribution in [3.8, 4) is 5.75 Å². The number of nitrogens with zero attached hydrogens (tertiary/aromatic N) is 1. The fourth-order valence-electron chi connectivity index (χ4n) is 3.56. The van der Waals surface area contributed by atoms with Crippen LogP contribution in [-0.2, 0) is 6.42 Å². The van der Waals surface area contributed by atoms with Gasteiger partial charge in [0.05, 0.1) is 12.2 Å². The molecule has 21 heavy (non-hydrogen) atoms. The van der Waals surface area contributed by atoms with Gasteiger partial charge in [0.15, 0.2) is 0 Å². The number of hydrogen-bond donors (Lipinski definition) is 1. The molecule has 116 valence electrons. The van der Waals surface area contributed by atoms with Crippen molar-refractivity contribution in [2.45, 2.75) is 58.1 Å². The lowest BCUT2D eigenvalue weighted by Crippen LogP contribution is -2.39. The Morgan fingerprint density at radius 3 is 3.00 bits per heavy atom. The van der Waals surface area contributed by atoms with Gasteiger partial charge in [-0.2, -0.15) is 0 Å². The quantitative estimate of drug-likeness (QED) is 0.919. The summed E-state index contributed by atoms with van der Waals surface area (Å²) in [5.41, 5.74) is 2.73. The van der Waals surface area contributed by atoms with E-state index in [1.54, 1.807) is 0 Å². The van der Waals surface area contributed by atoms with E-state index in [0.29, 0.717) is 6.04 Å². The molecule has 0 bridgehead atoms. The van der Waals surface area contributed by atoms with Gasteiger partial charge in [-0.3, -0.25) is 0 Å². The highest BCUT2D eigenvalue weighted by molar-refractivity contribution is 5.61. The summed E-state index contributed by atoms with van der Waals surface area (Å²) >= 11 is 0. The van der Waals surface area contributed by atoms with Crippen LogP contribution >= 0.6 is 0 Å². The molecule has 2 unspecified atom stereocenters. The van der Waals surface area contributed by atoms with Crippen LogP contribution in [0.25, 0.3) is 0 Å². The van der Waals surface area contributed by atoms with Crippen LogP contribution in [0.2, 0.25) is 0 Å². The molecule has 2 atom stereocenters. The van der Waals surface area contributed by atoms with Gasteiger partial charge in [-0.05, 0) is 56.8 Å². The van der Waals surface area contributed by atoms with Crippen molar-refractivity contribution in [1.82, 2.24) is 5.32 Å². The van der Waals surface area contributed by atoms with Crippen molar-refractivity contribution in [1.29, 1.82) is 0 Å². The predicted octanol–water partition coefficient (Wildman–Crippen LogP) is 3.37. The van der Waals surface area contributed by atoms with Crippen molar-refractivity contribution in [2.24, 2.45) is 0 Å². The Balaban J connectivity index is 1.76. The summed E-state index contributed by atoms with van der Waals surface area (Å²) in [5, 5.41) is 3.65. The molecule has 1 fully saturated rings. The lowest BCUT2D eigenvalue weighted by atomic mass is 9.97. The van der Waals surface area contributed by atoms with Gasteiger partial charge in [0, 0.05) is 12.6 Å². The lowest BCUT2D eigenvalue weighted by molar-refractivity contribution is 0.212. The fourth-order valence-corrected chi connectivity index (χ4v) is 3.56. The van der Waals surface area contributed by atoms with Crippen molar-refractivity contribution in [3.63, 3.8) is 0 Å². The van der Waals surface area contributed by atoms with Gasteiger partial charge in [-0.1, -0.05) is 19.4 Å². The molecule has 0 saturated carbocycles. The molecule has 1 N–H and O–H groups in total. The molecule has 0 amide bonds. The third kappa shape index (κ3) is 3.52. The topological polar surface area (TPSA) is 24.5 Å². The number of rotatable bonds is 4. The summed E-state index contributed by atoms with van der Waals surface area (Å²) in [4.78, 5) is 2.49. The molecule has 0 radical (unpaired) electrons. The van der Waals surface area contributed by atoms with Crippen molar-refractivity contribution in [3.05, 3.63) is 23.8 Å². The van der Waals surface area contributed by atoms with Crippen molar-refractivity contribution in [2.75, 3.05) is 24.5 Å². The Kier molecular flexibility index (Phi) is 4.69. The standard InChI is InChI=1S/C18H28N2O/c1-3-10-20-13-14(2)21-18-8-7-15(12-17(18)20)11-16-6-4-5-9-19-16/h7-8,12,14,16,19H,3-6,9-11,13H2,1-2H3. The first-order valence-electron chi connectivity index (χ1n) is 8.54. The van der Waals surface area contributed by atoms with Gasteiger partial charge in [0.2, 0.25) is 0 Å². The fraction of sp³-hybridized carbons (Fsp3) is 0.667. The second-order valence-electron chi connectivity index (χ2n) is 6.53. The molecule has 1 aromatic carbocycles. The van der Waals surface area contributed by atoms with E-state index in [0.717, 1.165) is 25.3 Å². The second-order valence-corrected chi connectivity index (χ2v) is 6.53. The highest BCUT2D eigenvalue weighted by atomic mass is 16.5. The summed E-state index contributed by atoms with van der Waals surface area (Å²) in [6.07, 6.45) is 6.61. The molecule has 3 nitrogen and oxygen atoms in total. The minimum atomic E-state index is 0.287. The average molecular weight is 288 g/mol. The first-order valence-corrected chi connectivity index (χ1v) is 8.54. The van der Waals surface area contributed by atoms with Gasteiger partial charge >= 0.3 is 0 Å². The lowest BCUT2D eigenvalue weighted by Gasteiger charge is -2.35. The third-order valence-electron chi connectivity index (χ3n) is 4.56. The zero-order valence-corrected chi connectivity index (χ0v) is 13.4. The van der Waals surface area contributed by atoms with E-state index < -0.39 is 0 Å². The number of fused-ring (bicyclic) bond motifs is 1. The molecule has 2 aliphatic heterocycles. The van der Waals surface area contributed by atoms with Gasteiger partial charge in [-0.25, -0.2) is 0 Å². The van der Waals surface area contributed by atoms with Gasteiger partial charge in [0.1, 0.15) is 11.9 Å². The molecule has 2 aliphatic rings. The smallest absolute Gasteiger partial charge is 0.143 e. The van der Waals surface area contributed by atoms with E-state index in [9.17, 15) is 0 Å². The molecule has 3 rings (SSSR count). The molecule has 1 saturated heterocycles. The van der Waals surface area contributed by atoms with Crippen molar-refractivity contribution < 1.29 is 4.74 Å². The molecular weight excluding hydrogens is 260 g/mol. The van der Waals surface area contributed by atoms with E-state index >= 15 is 0 Å². The molecule has 2 heterocycles. The number of ether oxygens (including phenoxy) is 1. The molecule has 0 spiro atoms. The van der Waals surface area contributed by atoms with Gasteiger partial charge in [0.25, 0.3) is 0 Å². The van der Waals surface area contributed by atoms with Crippen LogP contribution < -0.4 is 15.0 Å². The van der Waals surface area contributed by atoms with Crippen molar-refractivity contribution >= 4 is 5.69 Å². The summed E-state index contributed by atoms with van der Waals surface area (Å²) < 4.78 is 6.00. The maximum Gasteiger partial charge on any atom is 0.143 e. The zero-order valence-electron chi connectivity index (χ0n) is 13.4. The SMILES string of the molecule is CCCN1CC(C)Oc2ccc(CC3CCCCN3)cc21. The van der Waals surface area contributed by atoms with Crippen LogP contribution in [0, 0.1) is 0 Å². The zero-order chi connectivity index (χ0) is 14.7. The van der Waals surface area contributed by atoms with Crippen LogP contribution in [0.15, 0.2) is 18.2 Å². The van der Waals surface area contributed by atoms with E-state index in [1.165, 1.54) is 43.5 Å². The van der Waals surface area contributed by atoms with E-state index in [2.05, 4.69) is 42.3 Å². The largest absolute Gasteiger partial charge is 0.487 e. The average Bonchev–Trinajstić information content (AvgIpc) is 2.49. The first-order chi connectivity index (χ1) is 10.3. The maximum atomic E-state index is 6.00. The Hall–Kier alpha value is -1.22. The minimum Gasteiger partial charge on any atom is -0.487 e. The summed E-state index contributed by atoms with van der Waals surface area (Å²) in [6.45, 7) is 7.71. The number of nitrogens with one attached hydrogen (secondary N) is 1. The highest BCUT2D eigenvalue weighted by Crippen LogP contribution is 2.34. The van der Waals surface area contributed by atoms with E-state index in [-0.39, 0.29) is 6.10 Å². The van der Waals surface area contributed by atoms with Crippen LogP contribution in [0.3, 0.4) is 0 Å². The Labute approximate surface area is 128 Å². The van der Waals surface area contributed by atoms with E-state index in [1.807, 2.05) is 0 Å². The van der Waals surface area contributed by atoms with Crippen LogP contribution in [0.1, 0.15) is 45.1 Å². The van der Waals surface area contributed by atoms with E-state index in [4.69, 9.17) is 4.74 Å². The first kappa shape index (κ1) is 14.7. The predicted molar refractivity (Wildman–Crippen MR) is 88.4 cm³/mol. The third-order valence-corrected chi connectivity index (χ3v) is 4.56. The summed E-state index contributed by atoms with van der Waals surface area (Å²) in [5.74, 6) is 1.06. The van der Waals surface area contributed by atoms with Crippen LogP contribution in [0.4, 0.5) is 5.69 Å². The Morgan fingerprint density at radius 1 is 1.33 bits per heavy atom. The monoisotopic (exact) mass is 288 g/mol. The van der Waals surface area contributed by atoms with Gasteiger partial charge < -0.3 is 15.0 Å². The number of piperidine rings is 1. The number of anilines is 1. The van der Waals surface area contributed by atoms with Gasteiger partial charge in [-0.15, -0.1) is 0 Å². The highest BCUT2D eigenvalue weighted by Gasteiger charge is 2.23. The molecular formula is C18H28N2O. The van der Waals surface area contributed by atoms with Crippen LogP contribution in [0.5, 0.6) is 5.75 Å². The molecule has 3 heteroatoms. The maximum absolute atomic E-state index is 6.00. The normalized spacial score (nSPS) is 25.3. The Bertz CT molecular complexity index is 468. The summed E-state index contributed by atoms with van der Waals surface area (Å²) in [6, 6.07) is 7.43. The second kappa shape index (κ2) is 6.69. The number of hydrogen-bond acceptors (Lipinski definition) is 3. The number of benzene rings is 1. The minimum absolute atomic E-state index is 0.287. The molecule has 1 aromatic rings. The molecule has 0 aliphatic carbocycles. The molecule has 0 aromatic heterocycles. The van der Waals surface area contributed by atoms with Crippen LogP contribution in [-0.4, -0.2) is 31.8 Å². The summed E-state index contributed by atoms with van der Waals surface area (Å²) in [7, 11) is 0.